The summed E-state index contributed by atoms with van der Waals surface area (Å²) < 4.78 is 11.3. The number of hydrogen-bond donors (Lipinski definition) is 1. The number of nitrogens with two attached hydrogens (primary N) is 1. The molecule has 0 amide bonds. The summed E-state index contributed by atoms with van der Waals surface area (Å²) >= 11 is 6.38. The third-order valence-electron chi connectivity index (χ3n) is 4.71. The summed E-state index contributed by atoms with van der Waals surface area (Å²) in [6.45, 7) is 0.126. The Kier molecular flexibility index (Phi) is 4.57. The number of hydrogen-bond acceptors (Lipinski definition) is 4. The van der Waals surface area contributed by atoms with Gasteiger partial charge in [0.15, 0.2) is 0 Å². The lowest BCUT2D eigenvalue weighted by atomic mass is 9.82. The molecule has 1 unspecified atom stereocenters. The number of terminal acetylenes is 1. The van der Waals surface area contributed by atoms with Crippen LogP contribution in [0.4, 0.5) is 0 Å². The molecule has 1 aliphatic heterocycles. The first-order valence-electron chi connectivity index (χ1n) is 8.59. The first-order valence-corrected chi connectivity index (χ1v) is 8.96. The van der Waals surface area contributed by atoms with E-state index >= 15 is 0 Å². The van der Waals surface area contributed by atoms with E-state index < -0.39 is 5.92 Å². The SMILES string of the molecule is C#CCOc1ccc(C2C(C#N)=C(N)Oc3c2ccc2ccccc32)cc1Cl. The largest absolute Gasteiger partial charge is 0.479 e. The van der Waals surface area contributed by atoms with Gasteiger partial charge in [-0.3, -0.25) is 0 Å². The van der Waals surface area contributed by atoms with Crippen molar-refractivity contribution < 1.29 is 9.47 Å². The van der Waals surface area contributed by atoms with Crippen molar-refractivity contribution in [3.63, 3.8) is 0 Å². The van der Waals surface area contributed by atoms with E-state index in [1.807, 2.05) is 42.5 Å². The molecule has 0 radical (unpaired) electrons. The van der Waals surface area contributed by atoms with Gasteiger partial charge in [-0.1, -0.05) is 60.0 Å². The smallest absolute Gasteiger partial charge is 0.205 e. The van der Waals surface area contributed by atoms with Gasteiger partial charge in [-0.25, -0.2) is 0 Å². The zero-order valence-corrected chi connectivity index (χ0v) is 15.5. The lowest BCUT2D eigenvalue weighted by molar-refractivity contribution is 0.370. The van der Waals surface area contributed by atoms with Gasteiger partial charge in [-0.2, -0.15) is 5.26 Å². The highest BCUT2D eigenvalue weighted by atomic mass is 35.5. The molecule has 0 saturated heterocycles. The molecule has 0 fully saturated rings. The highest BCUT2D eigenvalue weighted by Crippen LogP contribution is 2.46. The van der Waals surface area contributed by atoms with Crippen LogP contribution in [-0.2, 0) is 0 Å². The summed E-state index contributed by atoms with van der Waals surface area (Å²) in [5.41, 5.74) is 8.13. The summed E-state index contributed by atoms with van der Waals surface area (Å²) in [5.74, 6) is 3.26. The topological polar surface area (TPSA) is 68.3 Å². The van der Waals surface area contributed by atoms with E-state index in [4.69, 9.17) is 33.2 Å². The molecule has 1 atom stereocenters. The van der Waals surface area contributed by atoms with Gasteiger partial charge in [0.05, 0.1) is 10.9 Å². The Morgan fingerprint density at radius 1 is 1.18 bits per heavy atom. The van der Waals surface area contributed by atoms with Crippen LogP contribution in [0.2, 0.25) is 5.02 Å². The molecule has 0 aliphatic carbocycles. The molecule has 4 nitrogen and oxygen atoms in total. The number of fused-ring (bicyclic) bond motifs is 3. The summed E-state index contributed by atoms with van der Waals surface area (Å²) in [7, 11) is 0. The second-order valence-electron chi connectivity index (χ2n) is 6.31. The van der Waals surface area contributed by atoms with Crippen molar-refractivity contribution in [1.29, 1.82) is 5.26 Å². The molecule has 28 heavy (non-hydrogen) atoms. The van der Waals surface area contributed by atoms with Crippen LogP contribution < -0.4 is 15.2 Å². The Morgan fingerprint density at radius 3 is 2.75 bits per heavy atom. The van der Waals surface area contributed by atoms with E-state index in [0.717, 1.165) is 21.9 Å². The molecule has 2 N–H and O–H groups in total. The number of ether oxygens (including phenoxy) is 2. The lowest BCUT2D eigenvalue weighted by Crippen LogP contribution is -2.21. The zero-order chi connectivity index (χ0) is 19.7. The fourth-order valence-corrected chi connectivity index (χ4v) is 3.71. The van der Waals surface area contributed by atoms with Crippen LogP contribution in [-0.4, -0.2) is 6.61 Å². The van der Waals surface area contributed by atoms with E-state index in [1.165, 1.54) is 0 Å². The van der Waals surface area contributed by atoms with E-state index in [0.29, 0.717) is 22.1 Å². The minimum Gasteiger partial charge on any atom is -0.479 e. The van der Waals surface area contributed by atoms with Crippen molar-refractivity contribution >= 4 is 22.4 Å². The highest BCUT2D eigenvalue weighted by molar-refractivity contribution is 6.32. The molecular weight excluding hydrogens is 372 g/mol. The molecular formula is C23H15ClN2O2. The van der Waals surface area contributed by atoms with Crippen LogP contribution >= 0.6 is 11.6 Å². The Hall–Kier alpha value is -3.60. The molecule has 0 bridgehead atoms. The number of nitrogens with zero attached hydrogens (tertiary/aromatic N) is 1. The number of halogens is 1. The number of nitriles is 1. The molecule has 0 spiro atoms. The second kappa shape index (κ2) is 7.19. The minimum atomic E-state index is -0.391. The van der Waals surface area contributed by atoms with E-state index in [2.05, 4.69) is 12.0 Å². The fourth-order valence-electron chi connectivity index (χ4n) is 3.46. The average molecular weight is 387 g/mol. The van der Waals surface area contributed by atoms with Crippen molar-refractivity contribution in [3.05, 3.63) is 82.2 Å². The van der Waals surface area contributed by atoms with Crippen LogP contribution in [0.5, 0.6) is 11.5 Å². The Morgan fingerprint density at radius 2 is 2.00 bits per heavy atom. The first-order chi connectivity index (χ1) is 13.6. The molecule has 1 aliphatic rings. The van der Waals surface area contributed by atoms with Gasteiger partial charge in [-0.15, -0.1) is 6.42 Å². The predicted octanol–water partition coefficient (Wildman–Crippen LogP) is 4.72. The third kappa shape index (κ3) is 2.91. The Bertz CT molecular complexity index is 1200. The number of rotatable bonds is 3. The van der Waals surface area contributed by atoms with Crippen LogP contribution in [0.1, 0.15) is 17.0 Å². The third-order valence-corrected chi connectivity index (χ3v) is 5.00. The quantitative estimate of drug-likeness (QED) is 0.661. The summed E-state index contributed by atoms with van der Waals surface area (Å²) in [4.78, 5) is 0. The van der Waals surface area contributed by atoms with Gasteiger partial charge in [0.2, 0.25) is 5.88 Å². The highest BCUT2D eigenvalue weighted by Gasteiger charge is 2.32. The van der Waals surface area contributed by atoms with Gasteiger partial charge in [-0.05, 0) is 23.1 Å². The van der Waals surface area contributed by atoms with Crippen molar-refractivity contribution in [2.45, 2.75) is 5.92 Å². The number of allylic oxidation sites excluding steroid dienone is 1. The molecule has 0 saturated carbocycles. The number of benzene rings is 3. The van der Waals surface area contributed by atoms with Crippen molar-refractivity contribution in [2.24, 2.45) is 5.73 Å². The van der Waals surface area contributed by atoms with Gasteiger partial charge in [0, 0.05) is 10.9 Å². The van der Waals surface area contributed by atoms with Crippen molar-refractivity contribution in [2.75, 3.05) is 6.61 Å². The fraction of sp³-hybridized carbons (Fsp3) is 0.0870. The molecule has 136 valence electrons. The predicted molar refractivity (Wildman–Crippen MR) is 109 cm³/mol. The normalized spacial score (nSPS) is 15.3. The average Bonchev–Trinajstić information content (AvgIpc) is 2.71. The summed E-state index contributed by atoms with van der Waals surface area (Å²) in [6.07, 6.45) is 5.24. The molecule has 4 rings (SSSR count). The van der Waals surface area contributed by atoms with Crippen LogP contribution in [0.3, 0.4) is 0 Å². The van der Waals surface area contributed by atoms with Gasteiger partial charge in [0.1, 0.15) is 29.7 Å². The standard InChI is InChI=1S/C23H15ClN2O2/c1-2-11-27-20-10-8-15(12-19(20)24)21-17-9-7-14-5-3-4-6-16(14)22(17)28-23(26)18(21)13-25/h1,3-10,12,21H,11,26H2. The Balaban J connectivity index is 1.89. The molecule has 5 heteroatoms. The van der Waals surface area contributed by atoms with E-state index in [1.54, 1.807) is 12.1 Å². The summed E-state index contributed by atoms with van der Waals surface area (Å²) in [6, 6.07) is 19.4. The van der Waals surface area contributed by atoms with E-state index in [-0.39, 0.29) is 12.5 Å². The molecule has 0 aromatic heterocycles. The lowest BCUT2D eigenvalue weighted by Gasteiger charge is -2.27. The zero-order valence-electron chi connectivity index (χ0n) is 14.8. The maximum atomic E-state index is 9.72. The first kappa shape index (κ1) is 17.8. The van der Waals surface area contributed by atoms with Gasteiger partial charge in [0.25, 0.3) is 0 Å². The van der Waals surface area contributed by atoms with Crippen LogP contribution in [0, 0.1) is 23.7 Å². The van der Waals surface area contributed by atoms with Crippen LogP contribution in [0.15, 0.2) is 66.1 Å². The Labute approximate surface area is 167 Å². The molecule has 3 aromatic carbocycles. The maximum absolute atomic E-state index is 9.72. The van der Waals surface area contributed by atoms with Crippen molar-refractivity contribution in [1.82, 2.24) is 0 Å². The van der Waals surface area contributed by atoms with Gasteiger partial charge >= 0.3 is 0 Å². The maximum Gasteiger partial charge on any atom is 0.205 e. The van der Waals surface area contributed by atoms with Crippen LogP contribution in [0.25, 0.3) is 10.8 Å². The molecule has 3 aromatic rings. The molecule has 1 heterocycles. The summed E-state index contributed by atoms with van der Waals surface area (Å²) in [5, 5.41) is 12.1. The van der Waals surface area contributed by atoms with E-state index in [9.17, 15) is 5.26 Å². The monoisotopic (exact) mass is 386 g/mol. The minimum absolute atomic E-state index is 0.0973. The van der Waals surface area contributed by atoms with Crippen molar-refractivity contribution in [3.8, 4) is 29.9 Å². The second-order valence-corrected chi connectivity index (χ2v) is 6.72. The van der Waals surface area contributed by atoms with Gasteiger partial charge < -0.3 is 15.2 Å².